The molecule has 0 aliphatic carbocycles. The van der Waals surface area contributed by atoms with Crippen LogP contribution in [0.2, 0.25) is 0 Å². The summed E-state index contributed by atoms with van der Waals surface area (Å²) in [6.07, 6.45) is 6.11. The number of halogens is 2. The standard InChI is InChI=1S/C12H13F2N3/c13-10-3-1-4-11(12(10)14)16-5-2-7-17-8-6-15-9-17/h1,3-4,6,8-9,16H,2,5,7H2. The van der Waals surface area contributed by atoms with Gasteiger partial charge in [-0.3, -0.25) is 0 Å². The third kappa shape index (κ3) is 3.03. The van der Waals surface area contributed by atoms with Gasteiger partial charge in [-0.2, -0.15) is 0 Å². The zero-order valence-electron chi connectivity index (χ0n) is 9.24. The van der Waals surface area contributed by atoms with Crippen LogP contribution in [-0.2, 0) is 6.54 Å². The van der Waals surface area contributed by atoms with Crippen LogP contribution in [0.3, 0.4) is 0 Å². The first-order valence-electron chi connectivity index (χ1n) is 5.41. The molecule has 0 aliphatic heterocycles. The van der Waals surface area contributed by atoms with E-state index in [1.54, 1.807) is 12.5 Å². The fraction of sp³-hybridized carbons (Fsp3) is 0.250. The molecule has 0 saturated heterocycles. The van der Waals surface area contributed by atoms with E-state index < -0.39 is 11.6 Å². The molecule has 1 heterocycles. The average molecular weight is 237 g/mol. The van der Waals surface area contributed by atoms with E-state index in [9.17, 15) is 8.78 Å². The number of hydrogen-bond acceptors (Lipinski definition) is 2. The Labute approximate surface area is 98.1 Å². The van der Waals surface area contributed by atoms with Crippen molar-refractivity contribution in [3.63, 3.8) is 0 Å². The third-order valence-electron chi connectivity index (χ3n) is 2.42. The second-order valence-corrected chi connectivity index (χ2v) is 3.68. The van der Waals surface area contributed by atoms with Gasteiger partial charge in [0.15, 0.2) is 11.6 Å². The fourth-order valence-corrected chi connectivity index (χ4v) is 1.54. The molecule has 17 heavy (non-hydrogen) atoms. The normalized spacial score (nSPS) is 10.5. The van der Waals surface area contributed by atoms with Crippen molar-refractivity contribution in [2.75, 3.05) is 11.9 Å². The summed E-state index contributed by atoms with van der Waals surface area (Å²) in [4.78, 5) is 3.92. The van der Waals surface area contributed by atoms with Gasteiger partial charge in [0.25, 0.3) is 0 Å². The molecule has 0 atom stereocenters. The molecule has 1 aromatic heterocycles. The highest BCUT2D eigenvalue weighted by molar-refractivity contribution is 5.44. The van der Waals surface area contributed by atoms with E-state index in [2.05, 4.69) is 10.3 Å². The van der Waals surface area contributed by atoms with E-state index in [4.69, 9.17) is 0 Å². The summed E-state index contributed by atoms with van der Waals surface area (Å²) in [7, 11) is 0. The highest BCUT2D eigenvalue weighted by atomic mass is 19.2. The Bertz CT molecular complexity index is 469. The fourth-order valence-electron chi connectivity index (χ4n) is 1.54. The predicted octanol–water partition coefficient (Wildman–Crippen LogP) is 2.66. The molecule has 0 amide bonds. The smallest absolute Gasteiger partial charge is 0.181 e. The van der Waals surface area contributed by atoms with Crippen LogP contribution in [0.15, 0.2) is 36.9 Å². The molecule has 0 spiro atoms. The van der Waals surface area contributed by atoms with E-state index in [1.807, 2.05) is 10.8 Å². The SMILES string of the molecule is Fc1cccc(NCCCn2ccnc2)c1F. The van der Waals surface area contributed by atoms with Crippen molar-refractivity contribution in [1.82, 2.24) is 9.55 Å². The molecule has 2 aromatic rings. The van der Waals surface area contributed by atoms with Crippen LogP contribution in [0.4, 0.5) is 14.5 Å². The summed E-state index contributed by atoms with van der Waals surface area (Å²) in [6, 6.07) is 4.11. The molecule has 5 heteroatoms. The number of aromatic nitrogens is 2. The van der Waals surface area contributed by atoms with Gasteiger partial charge in [0.2, 0.25) is 0 Å². The van der Waals surface area contributed by atoms with Gasteiger partial charge in [-0.05, 0) is 18.6 Å². The van der Waals surface area contributed by atoms with E-state index in [-0.39, 0.29) is 5.69 Å². The van der Waals surface area contributed by atoms with Gasteiger partial charge < -0.3 is 9.88 Å². The highest BCUT2D eigenvalue weighted by Crippen LogP contribution is 2.16. The summed E-state index contributed by atoms with van der Waals surface area (Å²) in [6.45, 7) is 1.38. The molecule has 0 bridgehead atoms. The summed E-state index contributed by atoms with van der Waals surface area (Å²) in [5.41, 5.74) is 0.204. The van der Waals surface area contributed by atoms with Crippen molar-refractivity contribution in [3.8, 4) is 0 Å². The second kappa shape index (κ2) is 5.43. The molecule has 1 aromatic carbocycles. The zero-order valence-corrected chi connectivity index (χ0v) is 9.24. The van der Waals surface area contributed by atoms with Gasteiger partial charge in [-0.1, -0.05) is 6.07 Å². The second-order valence-electron chi connectivity index (χ2n) is 3.68. The zero-order chi connectivity index (χ0) is 12.1. The van der Waals surface area contributed by atoms with Gasteiger partial charge in [0, 0.05) is 25.5 Å². The first kappa shape index (κ1) is 11.6. The molecule has 0 fully saturated rings. The maximum absolute atomic E-state index is 13.2. The summed E-state index contributed by atoms with van der Waals surface area (Å²) < 4.78 is 28.1. The number of hydrogen-bond donors (Lipinski definition) is 1. The van der Waals surface area contributed by atoms with Crippen LogP contribution in [0.5, 0.6) is 0 Å². The monoisotopic (exact) mass is 237 g/mol. The topological polar surface area (TPSA) is 29.9 Å². The quantitative estimate of drug-likeness (QED) is 0.810. The number of imidazole rings is 1. The minimum atomic E-state index is -0.829. The lowest BCUT2D eigenvalue weighted by molar-refractivity contribution is 0.510. The van der Waals surface area contributed by atoms with Crippen LogP contribution >= 0.6 is 0 Å². The minimum absolute atomic E-state index is 0.204. The summed E-state index contributed by atoms with van der Waals surface area (Å²) in [5.74, 6) is -1.65. The Balaban J connectivity index is 1.80. The van der Waals surface area contributed by atoms with Gasteiger partial charge >= 0.3 is 0 Å². The van der Waals surface area contributed by atoms with Crippen LogP contribution in [0.25, 0.3) is 0 Å². The van der Waals surface area contributed by atoms with Crippen LogP contribution in [0, 0.1) is 11.6 Å². The molecule has 0 saturated carbocycles. The van der Waals surface area contributed by atoms with Crippen LogP contribution in [-0.4, -0.2) is 16.1 Å². The molecule has 3 nitrogen and oxygen atoms in total. The van der Waals surface area contributed by atoms with E-state index in [0.717, 1.165) is 19.0 Å². The van der Waals surface area contributed by atoms with Crippen LogP contribution in [0.1, 0.15) is 6.42 Å². The minimum Gasteiger partial charge on any atom is -0.383 e. The average Bonchev–Trinajstić information content (AvgIpc) is 2.83. The van der Waals surface area contributed by atoms with Crippen molar-refractivity contribution < 1.29 is 8.78 Å². The molecule has 0 unspecified atom stereocenters. The number of nitrogens with one attached hydrogen (secondary N) is 1. The molecule has 1 N–H and O–H groups in total. The van der Waals surface area contributed by atoms with E-state index >= 15 is 0 Å². The summed E-state index contributed by atoms with van der Waals surface area (Å²) >= 11 is 0. The number of nitrogens with zero attached hydrogens (tertiary/aromatic N) is 2. The predicted molar refractivity (Wildman–Crippen MR) is 61.7 cm³/mol. The number of rotatable bonds is 5. The number of anilines is 1. The van der Waals surface area contributed by atoms with E-state index in [1.165, 1.54) is 12.1 Å². The lowest BCUT2D eigenvalue weighted by Crippen LogP contribution is -2.07. The van der Waals surface area contributed by atoms with Gasteiger partial charge in [0.1, 0.15) is 0 Å². The molecular formula is C12H13F2N3. The first-order valence-corrected chi connectivity index (χ1v) is 5.41. The van der Waals surface area contributed by atoms with Crippen molar-refractivity contribution in [1.29, 1.82) is 0 Å². The first-order chi connectivity index (χ1) is 8.27. The van der Waals surface area contributed by atoms with Crippen molar-refractivity contribution >= 4 is 5.69 Å². The molecule has 0 aliphatic rings. The lowest BCUT2D eigenvalue weighted by Gasteiger charge is -2.08. The Kier molecular flexibility index (Phi) is 3.69. The van der Waals surface area contributed by atoms with Crippen molar-refractivity contribution in [3.05, 3.63) is 48.6 Å². The largest absolute Gasteiger partial charge is 0.383 e. The molecular weight excluding hydrogens is 224 g/mol. The van der Waals surface area contributed by atoms with Gasteiger partial charge in [-0.15, -0.1) is 0 Å². The third-order valence-corrected chi connectivity index (χ3v) is 2.42. The van der Waals surface area contributed by atoms with Crippen molar-refractivity contribution in [2.45, 2.75) is 13.0 Å². The lowest BCUT2D eigenvalue weighted by atomic mass is 10.3. The highest BCUT2D eigenvalue weighted by Gasteiger charge is 2.05. The molecule has 2 rings (SSSR count). The van der Waals surface area contributed by atoms with Crippen molar-refractivity contribution in [2.24, 2.45) is 0 Å². The summed E-state index contributed by atoms with van der Waals surface area (Å²) in [5, 5.41) is 2.87. The van der Waals surface area contributed by atoms with E-state index in [0.29, 0.717) is 6.54 Å². The molecule has 0 radical (unpaired) electrons. The van der Waals surface area contributed by atoms with Crippen LogP contribution < -0.4 is 5.32 Å². The molecule has 90 valence electrons. The van der Waals surface area contributed by atoms with Gasteiger partial charge in [0.05, 0.1) is 12.0 Å². The van der Waals surface area contributed by atoms with Gasteiger partial charge in [-0.25, -0.2) is 13.8 Å². The Morgan fingerprint density at radius 2 is 2.18 bits per heavy atom. The maximum Gasteiger partial charge on any atom is 0.181 e. The number of aryl methyl sites for hydroxylation is 1. The maximum atomic E-state index is 13.2. The Morgan fingerprint density at radius 1 is 1.29 bits per heavy atom. The number of benzene rings is 1. The Hall–Kier alpha value is -1.91. The Morgan fingerprint density at radius 3 is 2.94 bits per heavy atom.